The van der Waals surface area contributed by atoms with Crippen LogP contribution < -0.4 is 10.0 Å². The third-order valence-corrected chi connectivity index (χ3v) is 5.19. The Balaban J connectivity index is 1.69. The zero-order chi connectivity index (χ0) is 19.3. The van der Waals surface area contributed by atoms with Crippen LogP contribution in [-0.2, 0) is 16.6 Å². The van der Waals surface area contributed by atoms with Gasteiger partial charge in [-0.3, -0.25) is 9.52 Å². The summed E-state index contributed by atoms with van der Waals surface area (Å²) in [6.45, 7) is 0.235. The fourth-order valence-corrected chi connectivity index (χ4v) is 3.49. The molecule has 0 spiro atoms. The molecule has 138 valence electrons. The second kappa shape index (κ2) is 8.01. The lowest BCUT2D eigenvalue weighted by Crippen LogP contribution is -2.23. The highest BCUT2D eigenvalue weighted by Crippen LogP contribution is 2.17. The lowest BCUT2D eigenvalue weighted by atomic mass is 10.1. The van der Waals surface area contributed by atoms with Gasteiger partial charge in [-0.15, -0.1) is 0 Å². The SMILES string of the molecule is O=C(NCc1ccc(F)cc1)c1cccc(NS(=O)(=O)c2ccccc2)c1. The Hall–Kier alpha value is -3.19. The van der Waals surface area contributed by atoms with Crippen LogP contribution in [-0.4, -0.2) is 14.3 Å². The maximum Gasteiger partial charge on any atom is 0.261 e. The summed E-state index contributed by atoms with van der Waals surface area (Å²) < 4.78 is 40.1. The number of rotatable bonds is 6. The van der Waals surface area contributed by atoms with Gasteiger partial charge in [0, 0.05) is 17.8 Å². The van der Waals surface area contributed by atoms with Crippen LogP contribution in [0.3, 0.4) is 0 Å². The third kappa shape index (κ3) is 4.92. The van der Waals surface area contributed by atoms with E-state index in [1.807, 2.05) is 0 Å². The van der Waals surface area contributed by atoms with Crippen molar-refractivity contribution in [3.05, 3.63) is 95.8 Å². The lowest BCUT2D eigenvalue weighted by molar-refractivity contribution is 0.0951. The maximum atomic E-state index is 12.9. The Bertz CT molecular complexity index is 1040. The Morgan fingerprint density at radius 1 is 0.889 bits per heavy atom. The van der Waals surface area contributed by atoms with Crippen LogP contribution in [0.15, 0.2) is 83.8 Å². The first-order valence-corrected chi connectivity index (χ1v) is 9.63. The Morgan fingerprint density at radius 3 is 2.30 bits per heavy atom. The van der Waals surface area contributed by atoms with Crippen LogP contribution in [0.5, 0.6) is 0 Å². The average molecular weight is 384 g/mol. The van der Waals surface area contributed by atoms with Crippen LogP contribution in [0.4, 0.5) is 10.1 Å². The highest BCUT2D eigenvalue weighted by Gasteiger charge is 2.14. The molecule has 0 unspecified atom stereocenters. The van der Waals surface area contributed by atoms with Crippen molar-refractivity contribution < 1.29 is 17.6 Å². The molecule has 0 saturated carbocycles. The summed E-state index contributed by atoms with van der Waals surface area (Å²) in [6.07, 6.45) is 0. The van der Waals surface area contributed by atoms with Gasteiger partial charge < -0.3 is 5.32 Å². The molecule has 3 aromatic carbocycles. The van der Waals surface area contributed by atoms with Crippen molar-refractivity contribution in [2.24, 2.45) is 0 Å². The van der Waals surface area contributed by atoms with Crippen molar-refractivity contribution in [2.75, 3.05) is 4.72 Å². The van der Waals surface area contributed by atoms with Crippen molar-refractivity contribution in [1.82, 2.24) is 5.32 Å². The van der Waals surface area contributed by atoms with E-state index in [1.165, 1.54) is 30.3 Å². The molecule has 3 rings (SSSR count). The van der Waals surface area contributed by atoms with Crippen molar-refractivity contribution in [3.63, 3.8) is 0 Å². The van der Waals surface area contributed by atoms with Gasteiger partial charge in [-0.2, -0.15) is 0 Å². The van der Waals surface area contributed by atoms with Gasteiger partial charge in [-0.25, -0.2) is 12.8 Å². The minimum Gasteiger partial charge on any atom is -0.348 e. The second-order valence-corrected chi connectivity index (χ2v) is 7.49. The van der Waals surface area contributed by atoms with Gasteiger partial charge in [0.25, 0.3) is 15.9 Å². The van der Waals surface area contributed by atoms with Gasteiger partial charge in [0.2, 0.25) is 0 Å². The monoisotopic (exact) mass is 384 g/mol. The van der Waals surface area contributed by atoms with Crippen LogP contribution >= 0.6 is 0 Å². The van der Waals surface area contributed by atoms with Crippen molar-refractivity contribution in [2.45, 2.75) is 11.4 Å². The van der Waals surface area contributed by atoms with Crippen molar-refractivity contribution in [1.29, 1.82) is 0 Å². The summed E-state index contributed by atoms with van der Waals surface area (Å²) >= 11 is 0. The van der Waals surface area contributed by atoms with E-state index in [0.717, 1.165) is 5.56 Å². The van der Waals surface area contributed by atoms with Crippen LogP contribution in [0.25, 0.3) is 0 Å². The molecule has 0 fully saturated rings. The molecule has 0 aliphatic heterocycles. The molecule has 0 heterocycles. The second-order valence-electron chi connectivity index (χ2n) is 5.81. The molecule has 1 amide bonds. The number of sulfonamides is 1. The molecular formula is C20H17FN2O3S. The Morgan fingerprint density at radius 2 is 1.59 bits per heavy atom. The first-order valence-electron chi connectivity index (χ1n) is 8.15. The summed E-state index contributed by atoms with van der Waals surface area (Å²) in [5.41, 5.74) is 1.35. The minimum atomic E-state index is -3.73. The predicted molar refractivity (Wildman–Crippen MR) is 101 cm³/mol. The summed E-state index contributed by atoms with van der Waals surface area (Å²) in [7, 11) is -3.73. The largest absolute Gasteiger partial charge is 0.348 e. The van der Waals surface area contributed by atoms with Crippen molar-refractivity contribution >= 4 is 21.6 Å². The molecule has 27 heavy (non-hydrogen) atoms. The molecule has 0 bridgehead atoms. The molecule has 0 radical (unpaired) electrons. The van der Waals surface area contributed by atoms with Gasteiger partial charge in [0.1, 0.15) is 5.82 Å². The zero-order valence-corrected chi connectivity index (χ0v) is 15.0. The number of hydrogen-bond acceptors (Lipinski definition) is 3. The topological polar surface area (TPSA) is 75.3 Å². The highest BCUT2D eigenvalue weighted by atomic mass is 32.2. The summed E-state index contributed by atoms with van der Waals surface area (Å²) in [4.78, 5) is 12.4. The average Bonchev–Trinajstić information content (AvgIpc) is 2.68. The number of benzene rings is 3. The van der Waals surface area contributed by atoms with E-state index in [0.29, 0.717) is 5.56 Å². The lowest BCUT2D eigenvalue weighted by Gasteiger charge is -2.10. The quantitative estimate of drug-likeness (QED) is 0.682. The standard InChI is InChI=1S/C20H17FN2O3S/c21-17-11-9-15(10-12-17)14-22-20(24)16-5-4-6-18(13-16)23-27(25,26)19-7-2-1-3-8-19/h1-13,23H,14H2,(H,22,24). The molecule has 2 N–H and O–H groups in total. The van der Waals surface area contributed by atoms with Gasteiger partial charge in [0.05, 0.1) is 4.90 Å². The molecule has 5 nitrogen and oxygen atoms in total. The smallest absolute Gasteiger partial charge is 0.261 e. The van der Waals surface area contributed by atoms with Gasteiger partial charge in [0.15, 0.2) is 0 Å². The van der Waals surface area contributed by atoms with E-state index in [-0.39, 0.29) is 28.9 Å². The van der Waals surface area contributed by atoms with E-state index < -0.39 is 10.0 Å². The predicted octanol–water partition coefficient (Wildman–Crippen LogP) is 3.56. The number of anilines is 1. The fraction of sp³-hybridized carbons (Fsp3) is 0.0500. The van der Waals surface area contributed by atoms with E-state index >= 15 is 0 Å². The van der Waals surface area contributed by atoms with Crippen molar-refractivity contribution in [3.8, 4) is 0 Å². The Kier molecular flexibility index (Phi) is 5.52. The first-order chi connectivity index (χ1) is 12.9. The molecule has 3 aromatic rings. The highest BCUT2D eigenvalue weighted by molar-refractivity contribution is 7.92. The van der Waals surface area contributed by atoms with E-state index in [4.69, 9.17) is 0 Å². The number of hydrogen-bond donors (Lipinski definition) is 2. The number of amides is 1. The van der Waals surface area contributed by atoms with Gasteiger partial charge in [-0.1, -0.05) is 36.4 Å². The maximum absolute atomic E-state index is 12.9. The Labute approximate surface area is 156 Å². The molecular weight excluding hydrogens is 367 g/mol. The first kappa shape index (κ1) is 18.6. The molecule has 0 atom stereocenters. The molecule has 0 saturated heterocycles. The minimum absolute atomic E-state index is 0.135. The van der Waals surface area contributed by atoms with Crippen LogP contribution in [0.2, 0.25) is 0 Å². The number of nitrogens with one attached hydrogen (secondary N) is 2. The van der Waals surface area contributed by atoms with E-state index in [2.05, 4.69) is 10.0 Å². The van der Waals surface area contributed by atoms with E-state index in [9.17, 15) is 17.6 Å². The normalized spacial score (nSPS) is 11.0. The van der Waals surface area contributed by atoms with Gasteiger partial charge >= 0.3 is 0 Å². The fourth-order valence-electron chi connectivity index (χ4n) is 2.42. The van der Waals surface area contributed by atoms with Gasteiger partial charge in [-0.05, 0) is 48.0 Å². The van der Waals surface area contributed by atoms with Crippen LogP contribution in [0, 0.1) is 5.82 Å². The third-order valence-electron chi connectivity index (χ3n) is 3.80. The summed E-state index contributed by atoms with van der Waals surface area (Å²) in [5, 5.41) is 2.72. The van der Waals surface area contributed by atoms with Crippen LogP contribution in [0.1, 0.15) is 15.9 Å². The zero-order valence-electron chi connectivity index (χ0n) is 14.2. The summed E-state index contributed by atoms with van der Waals surface area (Å²) in [6, 6.07) is 20.0. The molecule has 7 heteroatoms. The number of carbonyl (C=O) groups is 1. The molecule has 0 aromatic heterocycles. The molecule has 0 aliphatic carbocycles. The van der Waals surface area contributed by atoms with E-state index in [1.54, 1.807) is 48.5 Å². The molecule has 0 aliphatic rings. The number of carbonyl (C=O) groups excluding carboxylic acids is 1. The number of halogens is 1. The summed E-state index contributed by atoms with van der Waals surface area (Å²) in [5.74, 6) is -0.705.